The molecule has 0 aliphatic carbocycles. The first kappa shape index (κ1) is 29.8. The summed E-state index contributed by atoms with van der Waals surface area (Å²) in [6.45, 7) is 4.29. The average molecular weight is 643 g/mol. The molecule has 4 aromatic carbocycles. The fourth-order valence-corrected chi connectivity index (χ4v) is 6.21. The molecule has 0 bridgehead atoms. The number of hydrogen-bond acceptors (Lipinski definition) is 6. The number of nitrogens with one attached hydrogen (secondary N) is 2. The van der Waals surface area contributed by atoms with Crippen LogP contribution in [0.1, 0.15) is 35.2 Å². The molecule has 2 N–H and O–H groups in total. The predicted octanol–water partition coefficient (Wildman–Crippen LogP) is 8.69. The fraction of sp³-hybridized carbons (Fsp3) is 0.147. The van der Waals surface area contributed by atoms with E-state index in [0.29, 0.717) is 50.5 Å². The van der Waals surface area contributed by atoms with Gasteiger partial charge in [-0.3, -0.25) is 4.79 Å². The molecule has 1 aliphatic rings. The Morgan fingerprint density at radius 1 is 0.977 bits per heavy atom. The van der Waals surface area contributed by atoms with Crippen LogP contribution in [0.4, 0.5) is 11.6 Å². The van der Waals surface area contributed by atoms with E-state index in [1.54, 1.807) is 4.68 Å². The molecule has 6 rings (SSSR count). The van der Waals surface area contributed by atoms with Crippen LogP contribution in [0.15, 0.2) is 113 Å². The van der Waals surface area contributed by atoms with Crippen LogP contribution in [0.2, 0.25) is 10.0 Å². The molecule has 0 fully saturated rings. The number of nitrogens with zero attached hydrogens (tertiary/aromatic N) is 3. The van der Waals surface area contributed by atoms with Crippen molar-refractivity contribution in [2.75, 3.05) is 10.6 Å². The van der Waals surface area contributed by atoms with Crippen molar-refractivity contribution in [3.8, 4) is 5.75 Å². The molecule has 222 valence electrons. The second kappa shape index (κ2) is 13.2. The molecule has 1 aliphatic heterocycles. The Balaban J connectivity index is 1.29. The molecule has 7 nitrogen and oxygen atoms in total. The summed E-state index contributed by atoms with van der Waals surface area (Å²) in [7, 11) is 0. The largest absolute Gasteiger partial charge is 0.489 e. The van der Waals surface area contributed by atoms with Gasteiger partial charge in [0.05, 0.1) is 5.57 Å². The van der Waals surface area contributed by atoms with Crippen LogP contribution in [0, 0.1) is 6.92 Å². The molecule has 44 heavy (non-hydrogen) atoms. The SMILES string of the molecule is CC1=C(C(=O)Nc2cccc(C)c2)C(c2ccc(OCc3ccc(Cl)cc3)cc2)n2nc(SCc3ccccc3Cl)nc2N1. The molecule has 1 atom stereocenters. The lowest BCUT2D eigenvalue weighted by Gasteiger charge is -2.28. The van der Waals surface area contributed by atoms with Crippen molar-refractivity contribution in [1.82, 2.24) is 14.8 Å². The topological polar surface area (TPSA) is 81.1 Å². The second-order valence-electron chi connectivity index (χ2n) is 10.4. The van der Waals surface area contributed by atoms with Gasteiger partial charge in [-0.05, 0) is 78.6 Å². The highest BCUT2D eigenvalue weighted by molar-refractivity contribution is 7.98. The molecule has 1 unspecified atom stereocenters. The van der Waals surface area contributed by atoms with Crippen LogP contribution < -0.4 is 15.4 Å². The smallest absolute Gasteiger partial charge is 0.255 e. The van der Waals surface area contributed by atoms with Crippen molar-refractivity contribution in [3.05, 3.63) is 141 Å². The van der Waals surface area contributed by atoms with E-state index in [9.17, 15) is 4.79 Å². The Hall–Kier alpha value is -4.24. The monoisotopic (exact) mass is 641 g/mol. The maximum Gasteiger partial charge on any atom is 0.255 e. The number of anilines is 2. The molecular formula is C34H29Cl2N5O2S. The zero-order valence-corrected chi connectivity index (χ0v) is 26.4. The third kappa shape index (κ3) is 6.78. The number of hydrogen-bond donors (Lipinski definition) is 2. The number of carbonyl (C=O) groups is 1. The number of rotatable bonds is 9. The van der Waals surface area contributed by atoms with Crippen molar-refractivity contribution in [2.45, 2.75) is 37.4 Å². The lowest BCUT2D eigenvalue weighted by molar-refractivity contribution is -0.113. The number of halogens is 2. The quantitative estimate of drug-likeness (QED) is 0.157. The molecule has 0 radical (unpaired) electrons. The molecule has 10 heteroatoms. The molecular weight excluding hydrogens is 613 g/mol. The zero-order chi connectivity index (χ0) is 30.6. The van der Waals surface area contributed by atoms with E-state index in [0.717, 1.165) is 27.9 Å². The van der Waals surface area contributed by atoms with Gasteiger partial charge in [0, 0.05) is 27.2 Å². The van der Waals surface area contributed by atoms with Crippen LogP contribution in [0.25, 0.3) is 0 Å². The summed E-state index contributed by atoms with van der Waals surface area (Å²) < 4.78 is 7.80. The van der Waals surface area contributed by atoms with E-state index >= 15 is 0 Å². The lowest BCUT2D eigenvalue weighted by atomic mass is 9.95. The van der Waals surface area contributed by atoms with Gasteiger partial charge in [0.2, 0.25) is 11.1 Å². The maximum absolute atomic E-state index is 13.9. The number of fused-ring (bicyclic) bond motifs is 1. The Morgan fingerprint density at radius 3 is 2.50 bits per heavy atom. The molecule has 1 amide bonds. The first-order valence-corrected chi connectivity index (χ1v) is 15.7. The minimum absolute atomic E-state index is 0.222. The molecule has 5 aromatic rings. The van der Waals surface area contributed by atoms with Crippen molar-refractivity contribution in [1.29, 1.82) is 0 Å². The summed E-state index contributed by atoms with van der Waals surface area (Å²) >= 11 is 13.9. The van der Waals surface area contributed by atoms with Crippen LogP contribution in [-0.4, -0.2) is 20.7 Å². The van der Waals surface area contributed by atoms with Crippen LogP contribution in [0.3, 0.4) is 0 Å². The van der Waals surface area contributed by atoms with Crippen molar-refractivity contribution in [3.63, 3.8) is 0 Å². The predicted molar refractivity (Wildman–Crippen MR) is 178 cm³/mol. The first-order valence-electron chi connectivity index (χ1n) is 14.0. The van der Waals surface area contributed by atoms with Gasteiger partial charge in [0.15, 0.2) is 0 Å². The summed E-state index contributed by atoms with van der Waals surface area (Å²) in [5.41, 5.74) is 5.90. The van der Waals surface area contributed by atoms with Gasteiger partial charge in [-0.1, -0.05) is 89.6 Å². The average Bonchev–Trinajstić information content (AvgIpc) is 3.42. The van der Waals surface area contributed by atoms with Gasteiger partial charge in [-0.25, -0.2) is 4.68 Å². The fourth-order valence-electron chi connectivity index (χ4n) is 4.97. The minimum atomic E-state index is -0.525. The highest BCUT2D eigenvalue weighted by Crippen LogP contribution is 2.38. The first-order chi connectivity index (χ1) is 21.3. The Labute approximate surface area is 270 Å². The number of amides is 1. The Morgan fingerprint density at radius 2 is 1.75 bits per heavy atom. The third-order valence-corrected chi connectivity index (χ3v) is 8.69. The Bertz CT molecular complexity index is 1840. The highest BCUT2D eigenvalue weighted by atomic mass is 35.5. The number of ether oxygens (including phenoxy) is 1. The summed E-state index contributed by atoms with van der Waals surface area (Å²) in [4.78, 5) is 18.6. The standard InChI is InChI=1S/C34H29Cl2N5O2S/c1-21-6-5-8-27(18-21)38-32(42)30-22(2)37-33-39-34(44-20-25-7-3-4-9-29(25)36)40-41(33)31(30)24-12-16-28(17-13-24)43-19-23-10-14-26(35)15-11-23/h3-18,31H,19-20H2,1-2H3,(H,38,42)(H,37,39,40). The number of allylic oxidation sites excluding steroid dienone is 1. The van der Waals surface area contributed by atoms with E-state index in [1.807, 2.05) is 111 Å². The lowest BCUT2D eigenvalue weighted by Crippen LogP contribution is -2.31. The van der Waals surface area contributed by atoms with Crippen molar-refractivity contribution >= 4 is 52.5 Å². The minimum Gasteiger partial charge on any atom is -0.489 e. The molecule has 0 saturated carbocycles. The molecule has 1 aromatic heterocycles. The van der Waals surface area contributed by atoms with E-state index in [4.69, 9.17) is 38.0 Å². The van der Waals surface area contributed by atoms with Gasteiger partial charge < -0.3 is 15.4 Å². The normalized spacial score (nSPS) is 14.1. The number of aromatic nitrogens is 3. The Kier molecular flexibility index (Phi) is 8.93. The van der Waals surface area contributed by atoms with Crippen molar-refractivity contribution in [2.24, 2.45) is 0 Å². The number of aryl methyl sites for hydroxylation is 1. The van der Waals surface area contributed by atoms with Gasteiger partial charge in [0.1, 0.15) is 18.4 Å². The zero-order valence-electron chi connectivity index (χ0n) is 24.1. The molecule has 0 saturated heterocycles. The molecule has 0 spiro atoms. The van der Waals surface area contributed by atoms with Gasteiger partial charge >= 0.3 is 0 Å². The van der Waals surface area contributed by atoms with Crippen LogP contribution in [0.5, 0.6) is 5.75 Å². The summed E-state index contributed by atoms with van der Waals surface area (Å²) in [5.74, 6) is 1.66. The highest BCUT2D eigenvalue weighted by Gasteiger charge is 2.34. The summed E-state index contributed by atoms with van der Waals surface area (Å²) in [5, 5.41) is 13.2. The summed E-state index contributed by atoms with van der Waals surface area (Å²) in [6.07, 6.45) is 0. The maximum atomic E-state index is 13.9. The van der Waals surface area contributed by atoms with E-state index in [-0.39, 0.29) is 5.91 Å². The number of thioether (sulfide) groups is 1. The van der Waals surface area contributed by atoms with Gasteiger partial charge in [-0.15, -0.1) is 5.10 Å². The van der Waals surface area contributed by atoms with E-state index in [2.05, 4.69) is 10.6 Å². The van der Waals surface area contributed by atoms with Crippen molar-refractivity contribution < 1.29 is 9.53 Å². The van der Waals surface area contributed by atoms with Gasteiger partial charge in [-0.2, -0.15) is 4.98 Å². The molecule has 2 heterocycles. The van der Waals surface area contributed by atoms with Crippen LogP contribution in [-0.2, 0) is 17.2 Å². The van der Waals surface area contributed by atoms with E-state index < -0.39 is 6.04 Å². The second-order valence-corrected chi connectivity index (χ2v) is 12.2. The summed E-state index contributed by atoms with van der Waals surface area (Å²) in [6, 6.07) is 30.2. The third-order valence-electron chi connectivity index (χ3n) is 7.18. The van der Waals surface area contributed by atoms with Gasteiger partial charge in [0.25, 0.3) is 5.91 Å². The van der Waals surface area contributed by atoms with E-state index in [1.165, 1.54) is 11.8 Å². The number of carbonyl (C=O) groups excluding carboxylic acids is 1. The number of benzene rings is 4. The van der Waals surface area contributed by atoms with Crippen LogP contribution >= 0.6 is 35.0 Å².